The summed E-state index contributed by atoms with van der Waals surface area (Å²) in [6.45, 7) is 0. The lowest BCUT2D eigenvalue weighted by molar-refractivity contribution is -0.115. The SMILES string of the molecule is N#Cc1ccc(C2C3=C(CCC3=O)N(C3C=C(C(F)F)C=CC3)C(=O)N2S)cc1. The Hall–Kier alpha value is -2.92. The maximum absolute atomic E-state index is 13.2. The van der Waals surface area contributed by atoms with Crippen LogP contribution < -0.4 is 0 Å². The third kappa shape index (κ3) is 3.25. The second-order valence-corrected chi connectivity index (χ2v) is 7.52. The number of allylic oxidation sites excluding steroid dienone is 3. The number of carbonyl (C=O) groups is 2. The van der Waals surface area contributed by atoms with Crippen LogP contribution >= 0.6 is 12.8 Å². The molecule has 0 N–H and O–H groups in total. The molecule has 1 aliphatic heterocycles. The summed E-state index contributed by atoms with van der Waals surface area (Å²) in [4.78, 5) is 27.3. The van der Waals surface area contributed by atoms with Crippen LogP contribution in [0.5, 0.6) is 0 Å². The first-order chi connectivity index (χ1) is 13.9. The molecule has 1 aromatic rings. The Labute approximate surface area is 172 Å². The number of nitriles is 1. The number of thiol groups is 1. The number of benzene rings is 1. The highest BCUT2D eigenvalue weighted by Crippen LogP contribution is 2.45. The molecule has 0 aromatic heterocycles. The van der Waals surface area contributed by atoms with Crippen LogP contribution in [-0.2, 0) is 4.79 Å². The van der Waals surface area contributed by atoms with Crippen molar-refractivity contribution in [3.05, 3.63) is 70.5 Å². The summed E-state index contributed by atoms with van der Waals surface area (Å²) in [6.07, 6.45) is 2.76. The number of carbonyl (C=O) groups excluding carboxylic acids is 2. The van der Waals surface area contributed by atoms with Crippen LogP contribution in [0.4, 0.5) is 13.6 Å². The normalized spacial score (nSPS) is 24.2. The van der Waals surface area contributed by atoms with E-state index < -0.39 is 24.5 Å². The average Bonchev–Trinajstić information content (AvgIpc) is 3.10. The highest BCUT2D eigenvalue weighted by molar-refractivity contribution is 7.78. The number of urea groups is 1. The standard InChI is InChI=1S/C21H17F2N3O2S/c22-20(23)14-2-1-3-15(10-14)25-16-8-9-17(27)18(16)19(26(29)21(25)28)13-6-4-12(11-24)5-7-13/h1-2,4-7,10,15,19-20,29H,3,8-9H2. The van der Waals surface area contributed by atoms with Crippen molar-refractivity contribution in [2.24, 2.45) is 0 Å². The average molecular weight is 413 g/mol. The van der Waals surface area contributed by atoms with Crippen molar-refractivity contribution in [2.75, 3.05) is 0 Å². The molecule has 2 aliphatic carbocycles. The van der Waals surface area contributed by atoms with Crippen molar-refractivity contribution in [3.8, 4) is 6.07 Å². The molecule has 0 saturated carbocycles. The summed E-state index contributed by atoms with van der Waals surface area (Å²) in [5.74, 6) is -0.0877. The molecule has 1 aromatic carbocycles. The molecule has 0 spiro atoms. The second kappa shape index (κ2) is 7.48. The van der Waals surface area contributed by atoms with E-state index >= 15 is 0 Å². The van der Waals surface area contributed by atoms with Gasteiger partial charge in [0.1, 0.15) is 6.04 Å². The number of halogens is 2. The lowest BCUT2D eigenvalue weighted by atomic mass is 9.92. The fourth-order valence-corrected chi connectivity index (χ4v) is 4.43. The van der Waals surface area contributed by atoms with Crippen molar-refractivity contribution in [1.82, 2.24) is 9.21 Å². The summed E-state index contributed by atoms with van der Waals surface area (Å²) in [6, 6.07) is 6.94. The monoisotopic (exact) mass is 413 g/mol. The van der Waals surface area contributed by atoms with Gasteiger partial charge in [-0.1, -0.05) is 43.2 Å². The zero-order chi connectivity index (χ0) is 20.7. The van der Waals surface area contributed by atoms with Crippen molar-refractivity contribution < 1.29 is 18.4 Å². The first kappa shape index (κ1) is 19.4. The predicted molar refractivity (Wildman–Crippen MR) is 105 cm³/mol. The van der Waals surface area contributed by atoms with Crippen LogP contribution in [0.3, 0.4) is 0 Å². The predicted octanol–water partition coefficient (Wildman–Crippen LogP) is 4.32. The largest absolute Gasteiger partial charge is 0.335 e. The first-order valence-electron chi connectivity index (χ1n) is 9.16. The molecule has 3 aliphatic rings. The Bertz CT molecular complexity index is 1010. The number of rotatable bonds is 3. The molecule has 8 heteroatoms. The van der Waals surface area contributed by atoms with Crippen LogP contribution in [0.15, 0.2) is 59.3 Å². The van der Waals surface area contributed by atoms with E-state index in [1.807, 2.05) is 6.07 Å². The third-order valence-corrected chi connectivity index (χ3v) is 5.82. The number of hydrogen-bond donors (Lipinski definition) is 1. The van der Waals surface area contributed by atoms with E-state index in [4.69, 9.17) is 5.26 Å². The molecule has 0 bridgehead atoms. The third-order valence-electron chi connectivity index (χ3n) is 5.42. The molecule has 5 nitrogen and oxygen atoms in total. The quantitative estimate of drug-likeness (QED) is 0.751. The highest BCUT2D eigenvalue weighted by Gasteiger charge is 2.46. The zero-order valence-corrected chi connectivity index (χ0v) is 16.2. The van der Waals surface area contributed by atoms with Gasteiger partial charge in [0.2, 0.25) is 0 Å². The van der Waals surface area contributed by atoms with Gasteiger partial charge in [0.15, 0.2) is 5.78 Å². The fourth-order valence-electron chi connectivity index (χ4n) is 4.09. The number of ketones is 1. The Morgan fingerprint density at radius 2 is 1.90 bits per heavy atom. The van der Waals surface area contributed by atoms with Gasteiger partial charge in [-0.2, -0.15) is 5.26 Å². The van der Waals surface area contributed by atoms with E-state index in [2.05, 4.69) is 12.8 Å². The van der Waals surface area contributed by atoms with Crippen LogP contribution in [0.1, 0.15) is 36.4 Å². The van der Waals surface area contributed by atoms with E-state index in [-0.39, 0.29) is 17.8 Å². The lowest BCUT2D eigenvalue weighted by Crippen LogP contribution is -2.49. The van der Waals surface area contributed by atoms with Gasteiger partial charge in [0, 0.05) is 23.3 Å². The highest BCUT2D eigenvalue weighted by atomic mass is 32.1. The molecule has 29 heavy (non-hydrogen) atoms. The second-order valence-electron chi connectivity index (χ2n) is 7.09. The first-order valence-corrected chi connectivity index (χ1v) is 9.56. The van der Waals surface area contributed by atoms with Crippen LogP contribution in [0.2, 0.25) is 0 Å². The summed E-state index contributed by atoms with van der Waals surface area (Å²) >= 11 is 4.38. The molecule has 2 amide bonds. The van der Waals surface area contributed by atoms with Gasteiger partial charge < -0.3 is 0 Å². The Morgan fingerprint density at radius 1 is 1.17 bits per heavy atom. The summed E-state index contributed by atoms with van der Waals surface area (Å²) in [7, 11) is 0. The topological polar surface area (TPSA) is 64.4 Å². The molecule has 148 valence electrons. The molecule has 4 rings (SSSR count). The number of Topliss-reactive ketones (excluding diaryl/α,β-unsaturated/α-hetero) is 1. The lowest BCUT2D eigenvalue weighted by Gasteiger charge is -2.42. The van der Waals surface area contributed by atoms with Gasteiger partial charge >= 0.3 is 6.03 Å². The van der Waals surface area contributed by atoms with Gasteiger partial charge in [0.05, 0.1) is 17.7 Å². The van der Waals surface area contributed by atoms with E-state index in [0.717, 1.165) is 0 Å². The van der Waals surface area contributed by atoms with Gasteiger partial charge in [-0.25, -0.2) is 13.6 Å². The van der Waals surface area contributed by atoms with Crippen molar-refractivity contribution in [2.45, 2.75) is 37.8 Å². The number of hydrogen-bond acceptors (Lipinski definition) is 4. The van der Waals surface area contributed by atoms with Crippen molar-refractivity contribution in [3.63, 3.8) is 0 Å². The van der Waals surface area contributed by atoms with Gasteiger partial charge in [-0.3, -0.25) is 14.0 Å². The zero-order valence-electron chi connectivity index (χ0n) is 15.3. The number of amides is 2. The van der Waals surface area contributed by atoms with Crippen molar-refractivity contribution in [1.29, 1.82) is 5.26 Å². The molecule has 2 unspecified atom stereocenters. The molecular formula is C21H17F2N3O2S. The van der Waals surface area contributed by atoms with Gasteiger partial charge in [-0.05, 0) is 30.5 Å². The summed E-state index contributed by atoms with van der Waals surface area (Å²) in [5.41, 5.74) is 2.03. The van der Waals surface area contributed by atoms with E-state index in [9.17, 15) is 18.4 Å². The Morgan fingerprint density at radius 3 is 2.55 bits per heavy atom. The Kier molecular flexibility index (Phi) is 5.01. The van der Waals surface area contributed by atoms with E-state index in [1.165, 1.54) is 21.4 Å². The van der Waals surface area contributed by atoms with Crippen LogP contribution in [0.25, 0.3) is 0 Å². The van der Waals surface area contributed by atoms with Gasteiger partial charge in [0.25, 0.3) is 6.43 Å². The van der Waals surface area contributed by atoms with Crippen molar-refractivity contribution >= 4 is 24.6 Å². The molecular weight excluding hydrogens is 396 g/mol. The van der Waals surface area contributed by atoms with E-state index in [1.54, 1.807) is 30.3 Å². The molecule has 0 radical (unpaired) electrons. The minimum Gasteiger partial charge on any atom is -0.294 e. The van der Waals surface area contributed by atoms with E-state index in [0.29, 0.717) is 35.2 Å². The molecule has 0 saturated heterocycles. The summed E-state index contributed by atoms with van der Waals surface area (Å²) < 4.78 is 27.5. The number of alkyl halides is 2. The molecule has 0 fully saturated rings. The van der Waals surface area contributed by atoms with Gasteiger partial charge in [-0.15, -0.1) is 0 Å². The number of nitrogens with zero attached hydrogens (tertiary/aromatic N) is 3. The Balaban J connectivity index is 1.79. The van der Waals surface area contributed by atoms with Crippen LogP contribution in [-0.4, -0.2) is 33.5 Å². The minimum atomic E-state index is -2.63. The smallest absolute Gasteiger partial charge is 0.294 e. The molecule has 2 atom stereocenters. The molecule has 1 heterocycles. The van der Waals surface area contributed by atoms with Crippen LogP contribution in [0, 0.1) is 11.3 Å². The summed E-state index contributed by atoms with van der Waals surface area (Å²) in [5, 5.41) is 9.00. The maximum Gasteiger partial charge on any atom is 0.335 e. The minimum absolute atomic E-state index is 0.0877. The fraction of sp³-hybridized carbons (Fsp3) is 0.286. The maximum atomic E-state index is 13.2.